The molecule has 130 valence electrons. The number of nitrogens with one attached hydrogen (secondary N) is 1. The van der Waals surface area contributed by atoms with Crippen LogP contribution in [-0.2, 0) is 11.3 Å². The molecule has 3 rings (SSSR count). The minimum Gasteiger partial charge on any atom is -0.342 e. The molecule has 2 aliphatic rings. The third kappa shape index (κ3) is 3.25. The number of piperidine rings is 1. The number of benzene rings is 1. The molecule has 5 nitrogen and oxygen atoms in total. The van der Waals surface area contributed by atoms with Gasteiger partial charge in [-0.3, -0.25) is 4.79 Å². The van der Waals surface area contributed by atoms with Crippen LogP contribution in [0.25, 0.3) is 0 Å². The Labute approximate surface area is 144 Å². The van der Waals surface area contributed by atoms with E-state index in [1.807, 2.05) is 49.3 Å². The summed E-state index contributed by atoms with van der Waals surface area (Å²) in [6.07, 6.45) is 4.80. The predicted octanol–water partition coefficient (Wildman–Crippen LogP) is 2.62. The molecule has 1 aromatic carbocycles. The molecule has 1 aromatic rings. The van der Waals surface area contributed by atoms with Crippen molar-refractivity contribution in [3.05, 3.63) is 35.9 Å². The van der Waals surface area contributed by atoms with Crippen molar-refractivity contribution in [2.75, 3.05) is 20.6 Å². The lowest BCUT2D eigenvalue weighted by Gasteiger charge is -2.46. The van der Waals surface area contributed by atoms with Crippen molar-refractivity contribution in [2.24, 2.45) is 5.41 Å². The Morgan fingerprint density at radius 1 is 1.33 bits per heavy atom. The molecular formula is C19H27N3O2. The molecular weight excluding hydrogens is 302 g/mol. The Morgan fingerprint density at radius 2 is 2.08 bits per heavy atom. The zero-order valence-electron chi connectivity index (χ0n) is 14.6. The zero-order valence-corrected chi connectivity index (χ0v) is 14.6. The fourth-order valence-electron chi connectivity index (χ4n) is 4.44. The second-order valence-corrected chi connectivity index (χ2v) is 7.28. The van der Waals surface area contributed by atoms with Crippen LogP contribution in [0.15, 0.2) is 30.3 Å². The van der Waals surface area contributed by atoms with Gasteiger partial charge in [0.15, 0.2) is 0 Å². The van der Waals surface area contributed by atoms with E-state index in [1.54, 1.807) is 4.90 Å². The van der Waals surface area contributed by atoms with Crippen LogP contribution in [0.5, 0.6) is 0 Å². The molecule has 1 aliphatic carbocycles. The fourth-order valence-corrected chi connectivity index (χ4v) is 4.44. The average Bonchev–Trinajstić information content (AvgIpc) is 3.01. The summed E-state index contributed by atoms with van der Waals surface area (Å²) in [4.78, 5) is 28.2. The van der Waals surface area contributed by atoms with Crippen LogP contribution < -0.4 is 5.32 Å². The summed E-state index contributed by atoms with van der Waals surface area (Å²) in [5.74, 6) is 0.244. The molecule has 1 saturated heterocycles. The number of nitrogens with zero attached hydrogens (tertiary/aromatic N) is 2. The van der Waals surface area contributed by atoms with E-state index in [0.29, 0.717) is 13.0 Å². The molecule has 0 unspecified atom stereocenters. The fraction of sp³-hybridized carbons (Fsp3) is 0.579. The normalized spacial score (nSPS) is 26.2. The standard InChI is InChI=1S/C19H27N3O2/c1-21(18(24)20-13-15-7-4-3-5-8-15)14-19-11-6-9-16(19)22(2)17(23)10-12-19/h3-5,7-8,16H,6,9-14H2,1-2H3,(H,20,24)/t16-,19+/m1/s1. The number of fused-ring (bicyclic) bond motifs is 1. The number of hydrogen-bond donors (Lipinski definition) is 1. The summed E-state index contributed by atoms with van der Waals surface area (Å²) in [5, 5.41) is 2.99. The van der Waals surface area contributed by atoms with Crippen LogP contribution in [0, 0.1) is 5.41 Å². The lowest BCUT2D eigenvalue weighted by molar-refractivity contribution is -0.140. The van der Waals surface area contributed by atoms with E-state index in [4.69, 9.17) is 0 Å². The molecule has 1 saturated carbocycles. The lowest BCUT2D eigenvalue weighted by atomic mass is 9.74. The minimum atomic E-state index is -0.0431. The van der Waals surface area contributed by atoms with Gasteiger partial charge in [-0.2, -0.15) is 0 Å². The first kappa shape index (κ1) is 16.8. The van der Waals surface area contributed by atoms with Gasteiger partial charge in [-0.25, -0.2) is 4.79 Å². The highest BCUT2D eigenvalue weighted by molar-refractivity contribution is 5.78. The smallest absolute Gasteiger partial charge is 0.317 e. The summed E-state index contributed by atoms with van der Waals surface area (Å²) < 4.78 is 0. The van der Waals surface area contributed by atoms with Gasteiger partial charge in [0.25, 0.3) is 0 Å². The summed E-state index contributed by atoms with van der Waals surface area (Å²) in [6, 6.07) is 10.2. The van der Waals surface area contributed by atoms with Gasteiger partial charge in [0.2, 0.25) is 5.91 Å². The van der Waals surface area contributed by atoms with Gasteiger partial charge >= 0.3 is 6.03 Å². The van der Waals surface area contributed by atoms with Crippen molar-refractivity contribution >= 4 is 11.9 Å². The highest BCUT2D eigenvalue weighted by Crippen LogP contribution is 2.47. The Morgan fingerprint density at radius 3 is 2.83 bits per heavy atom. The van der Waals surface area contributed by atoms with Crippen LogP contribution >= 0.6 is 0 Å². The Balaban J connectivity index is 1.60. The van der Waals surface area contributed by atoms with Gasteiger partial charge in [0.05, 0.1) is 0 Å². The largest absolute Gasteiger partial charge is 0.342 e. The Kier molecular flexibility index (Phi) is 4.78. The highest BCUT2D eigenvalue weighted by atomic mass is 16.2. The maximum absolute atomic E-state index is 12.5. The van der Waals surface area contributed by atoms with Crippen molar-refractivity contribution in [1.82, 2.24) is 15.1 Å². The summed E-state index contributed by atoms with van der Waals surface area (Å²) in [5.41, 5.74) is 1.17. The Hall–Kier alpha value is -2.04. The van der Waals surface area contributed by atoms with E-state index in [9.17, 15) is 9.59 Å². The average molecular weight is 329 g/mol. The number of urea groups is 1. The molecule has 2 fully saturated rings. The van der Waals surface area contributed by atoms with E-state index in [2.05, 4.69) is 5.32 Å². The minimum absolute atomic E-state index is 0.0431. The SMILES string of the molecule is CN(C[C@@]12CCC[C@H]1N(C)C(=O)CC2)C(=O)NCc1ccccc1. The third-order valence-corrected chi connectivity index (χ3v) is 5.74. The predicted molar refractivity (Wildman–Crippen MR) is 93.4 cm³/mol. The van der Waals surface area contributed by atoms with Crippen molar-refractivity contribution in [2.45, 2.75) is 44.7 Å². The van der Waals surface area contributed by atoms with Crippen LogP contribution in [0.3, 0.4) is 0 Å². The van der Waals surface area contributed by atoms with Gasteiger partial charge in [0.1, 0.15) is 0 Å². The molecule has 0 bridgehead atoms. The lowest BCUT2D eigenvalue weighted by Crippen LogP contribution is -2.55. The van der Waals surface area contributed by atoms with Gasteiger partial charge in [-0.15, -0.1) is 0 Å². The number of carbonyl (C=O) groups is 2. The second kappa shape index (κ2) is 6.83. The van der Waals surface area contributed by atoms with Crippen molar-refractivity contribution in [1.29, 1.82) is 0 Å². The molecule has 1 heterocycles. The molecule has 1 N–H and O–H groups in total. The van der Waals surface area contributed by atoms with Crippen LogP contribution in [0.1, 0.15) is 37.7 Å². The molecule has 5 heteroatoms. The van der Waals surface area contributed by atoms with Crippen molar-refractivity contribution in [3.63, 3.8) is 0 Å². The number of carbonyl (C=O) groups excluding carboxylic acids is 2. The van der Waals surface area contributed by atoms with Crippen molar-refractivity contribution in [3.8, 4) is 0 Å². The molecule has 0 radical (unpaired) electrons. The van der Waals surface area contributed by atoms with E-state index in [-0.39, 0.29) is 23.4 Å². The van der Waals surface area contributed by atoms with Crippen LogP contribution in [0.4, 0.5) is 4.79 Å². The van der Waals surface area contributed by atoms with E-state index >= 15 is 0 Å². The van der Waals surface area contributed by atoms with E-state index < -0.39 is 0 Å². The number of amides is 3. The third-order valence-electron chi connectivity index (χ3n) is 5.74. The second-order valence-electron chi connectivity index (χ2n) is 7.28. The van der Waals surface area contributed by atoms with Crippen LogP contribution in [-0.4, -0.2) is 48.4 Å². The van der Waals surface area contributed by atoms with Gasteiger partial charge < -0.3 is 15.1 Å². The molecule has 3 amide bonds. The van der Waals surface area contributed by atoms with E-state index in [0.717, 1.165) is 37.8 Å². The Bertz CT molecular complexity index is 604. The van der Waals surface area contributed by atoms with Gasteiger partial charge in [-0.1, -0.05) is 36.8 Å². The number of hydrogen-bond acceptors (Lipinski definition) is 2. The van der Waals surface area contributed by atoms with Crippen LogP contribution in [0.2, 0.25) is 0 Å². The molecule has 0 aromatic heterocycles. The van der Waals surface area contributed by atoms with Gasteiger partial charge in [0, 0.05) is 45.1 Å². The quantitative estimate of drug-likeness (QED) is 0.923. The molecule has 1 aliphatic heterocycles. The summed E-state index contributed by atoms with van der Waals surface area (Å²) in [7, 11) is 3.78. The molecule has 0 spiro atoms. The zero-order chi connectivity index (χ0) is 17.2. The number of likely N-dealkylation sites (tertiary alicyclic amines) is 1. The topological polar surface area (TPSA) is 52.7 Å². The first-order valence-corrected chi connectivity index (χ1v) is 8.80. The first-order chi connectivity index (χ1) is 11.5. The molecule has 2 atom stereocenters. The summed E-state index contributed by atoms with van der Waals surface area (Å²) >= 11 is 0. The monoisotopic (exact) mass is 329 g/mol. The molecule has 24 heavy (non-hydrogen) atoms. The summed E-state index contributed by atoms with van der Waals surface area (Å²) in [6.45, 7) is 1.26. The van der Waals surface area contributed by atoms with E-state index in [1.165, 1.54) is 0 Å². The highest BCUT2D eigenvalue weighted by Gasteiger charge is 2.49. The maximum Gasteiger partial charge on any atom is 0.317 e. The maximum atomic E-state index is 12.5. The van der Waals surface area contributed by atoms with Crippen molar-refractivity contribution < 1.29 is 9.59 Å². The number of rotatable bonds is 4. The van der Waals surface area contributed by atoms with Gasteiger partial charge in [-0.05, 0) is 24.8 Å². The first-order valence-electron chi connectivity index (χ1n) is 8.80.